The third-order valence-electron chi connectivity index (χ3n) is 2.84. The van der Waals surface area contributed by atoms with E-state index in [1.165, 1.54) is 0 Å². The number of hydrogen-bond donors (Lipinski definition) is 1. The Bertz CT molecular complexity index is 353. The summed E-state index contributed by atoms with van der Waals surface area (Å²) in [4.78, 5) is 13.2. The summed E-state index contributed by atoms with van der Waals surface area (Å²) in [6.07, 6.45) is 3.86. The maximum absolute atomic E-state index is 4.40. The van der Waals surface area contributed by atoms with Crippen LogP contribution in [0.15, 0.2) is 12.4 Å². The summed E-state index contributed by atoms with van der Waals surface area (Å²) in [5.41, 5.74) is 0. The van der Waals surface area contributed by atoms with Gasteiger partial charge in [0.2, 0.25) is 0 Å². The van der Waals surface area contributed by atoms with Crippen LogP contribution in [-0.2, 0) is 0 Å². The summed E-state index contributed by atoms with van der Waals surface area (Å²) >= 11 is 0. The Balaban J connectivity index is 2.71. The van der Waals surface area contributed by atoms with E-state index in [-0.39, 0.29) is 0 Å². The van der Waals surface area contributed by atoms with Crippen molar-refractivity contribution in [2.45, 2.75) is 26.7 Å². The SMILES string of the molecule is CCCNc1cc(N(CCC)CCN(C)C)ncn1. The first-order chi connectivity index (χ1) is 9.17. The van der Waals surface area contributed by atoms with Gasteiger partial charge in [-0.2, -0.15) is 0 Å². The summed E-state index contributed by atoms with van der Waals surface area (Å²) in [5.74, 6) is 1.93. The first kappa shape index (κ1) is 15.7. The van der Waals surface area contributed by atoms with Gasteiger partial charge in [-0.3, -0.25) is 0 Å². The van der Waals surface area contributed by atoms with Crippen molar-refractivity contribution in [3.8, 4) is 0 Å². The highest BCUT2D eigenvalue weighted by Crippen LogP contribution is 2.14. The Morgan fingerprint density at radius 1 is 1.05 bits per heavy atom. The molecule has 0 aliphatic rings. The van der Waals surface area contributed by atoms with E-state index in [9.17, 15) is 0 Å². The molecular weight excluding hydrogens is 238 g/mol. The molecule has 1 heterocycles. The predicted molar refractivity (Wildman–Crippen MR) is 81.9 cm³/mol. The highest BCUT2D eigenvalue weighted by Gasteiger charge is 2.08. The Kier molecular flexibility index (Phi) is 7.18. The highest BCUT2D eigenvalue weighted by molar-refractivity contribution is 5.48. The van der Waals surface area contributed by atoms with E-state index in [1.54, 1.807) is 6.33 Å². The molecule has 108 valence electrons. The van der Waals surface area contributed by atoms with Crippen LogP contribution >= 0.6 is 0 Å². The number of anilines is 2. The molecule has 0 amide bonds. The quantitative estimate of drug-likeness (QED) is 0.740. The molecule has 0 fully saturated rings. The molecule has 0 atom stereocenters. The molecule has 5 nitrogen and oxygen atoms in total. The molecule has 0 radical (unpaired) electrons. The molecule has 0 bridgehead atoms. The molecule has 0 aliphatic heterocycles. The van der Waals surface area contributed by atoms with Gasteiger partial charge in [0.15, 0.2) is 0 Å². The van der Waals surface area contributed by atoms with Crippen LogP contribution in [0.25, 0.3) is 0 Å². The number of aromatic nitrogens is 2. The van der Waals surface area contributed by atoms with Crippen molar-refractivity contribution >= 4 is 11.6 Å². The third kappa shape index (κ3) is 5.87. The number of nitrogens with zero attached hydrogens (tertiary/aromatic N) is 4. The molecule has 1 N–H and O–H groups in total. The summed E-state index contributed by atoms with van der Waals surface area (Å²) in [7, 11) is 4.19. The van der Waals surface area contributed by atoms with E-state index in [4.69, 9.17) is 0 Å². The van der Waals surface area contributed by atoms with Crippen molar-refractivity contribution in [1.82, 2.24) is 14.9 Å². The molecule has 1 aromatic heterocycles. The molecule has 0 saturated carbocycles. The standard InChI is InChI=1S/C14H27N5/c1-5-7-15-13-11-14(17-12-16-13)19(8-6-2)10-9-18(3)4/h11-12H,5-10H2,1-4H3,(H,15,16,17). The summed E-state index contributed by atoms with van der Waals surface area (Å²) in [6, 6.07) is 2.04. The minimum atomic E-state index is 0.915. The molecule has 0 aliphatic carbocycles. The van der Waals surface area contributed by atoms with Crippen molar-refractivity contribution in [3.63, 3.8) is 0 Å². The van der Waals surface area contributed by atoms with E-state index in [0.717, 1.165) is 50.7 Å². The molecule has 0 saturated heterocycles. The van der Waals surface area contributed by atoms with Gasteiger partial charge >= 0.3 is 0 Å². The second-order valence-corrected chi connectivity index (χ2v) is 4.98. The van der Waals surface area contributed by atoms with E-state index in [1.807, 2.05) is 6.07 Å². The van der Waals surface area contributed by atoms with Crippen molar-refractivity contribution in [2.75, 3.05) is 50.5 Å². The molecule has 0 aromatic carbocycles. The first-order valence-electron chi connectivity index (χ1n) is 7.13. The van der Waals surface area contributed by atoms with Crippen molar-refractivity contribution in [3.05, 3.63) is 12.4 Å². The third-order valence-corrected chi connectivity index (χ3v) is 2.84. The molecule has 19 heavy (non-hydrogen) atoms. The van der Waals surface area contributed by atoms with Crippen LogP contribution in [0.2, 0.25) is 0 Å². The van der Waals surface area contributed by atoms with Gasteiger partial charge in [0, 0.05) is 32.2 Å². The van der Waals surface area contributed by atoms with Gasteiger partial charge in [-0.1, -0.05) is 13.8 Å². The number of hydrogen-bond acceptors (Lipinski definition) is 5. The first-order valence-corrected chi connectivity index (χ1v) is 7.13. The van der Waals surface area contributed by atoms with E-state index in [2.05, 4.69) is 53.0 Å². The van der Waals surface area contributed by atoms with E-state index in [0.29, 0.717) is 0 Å². The van der Waals surface area contributed by atoms with Crippen molar-refractivity contribution in [1.29, 1.82) is 0 Å². The molecule has 5 heteroatoms. The zero-order chi connectivity index (χ0) is 14.1. The average molecular weight is 265 g/mol. The fraction of sp³-hybridized carbons (Fsp3) is 0.714. The average Bonchev–Trinajstić information content (AvgIpc) is 2.41. The largest absolute Gasteiger partial charge is 0.370 e. The van der Waals surface area contributed by atoms with Gasteiger partial charge in [-0.25, -0.2) is 9.97 Å². The number of nitrogens with one attached hydrogen (secondary N) is 1. The second-order valence-electron chi connectivity index (χ2n) is 4.98. The van der Waals surface area contributed by atoms with Gasteiger partial charge < -0.3 is 15.1 Å². The van der Waals surface area contributed by atoms with Crippen LogP contribution in [0.1, 0.15) is 26.7 Å². The Labute approximate surface area is 117 Å². The molecular formula is C14H27N5. The molecule has 0 spiro atoms. The van der Waals surface area contributed by atoms with Gasteiger partial charge in [0.05, 0.1) is 0 Å². The van der Waals surface area contributed by atoms with Gasteiger partial charge in [-0.05, 0) is 26.9 Å². The Hall–Kier alpha value is -1.36. The second kappa shape index (κ2) is 8.69. The van der Waals surface area contributed by atoms with Crippen LogP contribution in [0, 0.1) is 0 Å². The predicted octanol–water partition coefficient (Wildman–Crippen LogP) is 2.08. The van der Waals surface area contributed by atoms with Crippen LogP contribution in [0.3, 0.4) is 0 Å². The monoisotopic (exact) mass is 265 g/mol. The maximum atomic E-state index is 4.40. The normalized spacial score (nSPS) is 10.8. The lowest BCUT2D eigenvalue weighted by Gasteiger charge is -2.25. The smallest absolute Gasteiger partial charge is 0.134 e. The van der Waals surface area contributed by atoms with Gasteiger partial charge in [0.25, 0.3) is 0 Å². The minimum absolute atomic E-state index is 0.915. The number of likely N-dealkylation sites (N-methyl/N-ethyl adjacent to an activating group) is 1. The number of rotatable bonds is 9. The van der Waals surface area contributed by atoms with Crippen LogP contribution in [-0.4, -0.2) is 55.1 Å². The Morgan fingerprint density at radius 2 is 1.84 bits per heavy atom. The van der Waals surface area contributed by atoms with Crippen LogP contribution in [0.5, 0.6) is 0 Å². The highest BCUT2D eigenvalue weighted by atomic mass is 15.2. The molecule has 1 rings (SSSR count). The van der Waals surface area contributed by atoms with E-state index >= 15 is 0 Å². The zero-order valence-corrected chi connectivity index (χ0v) is 12.7. The Morgan fingerprint density at radius 3 is 2.47 bits per heavy atom. The summed E-state index contributed by atoms with van der Waals surface area (Å²) in [6.45, 7) is 8.34. The van der Waals surface area contributed by atoms with Crippen molar-refractivity contribution < 1.29 is 0 Å². The zero-order valence-electron chi connectivity index (χ0n) is 12.7. The van der Waals surface area contributed by atoms with Gasteiger partial charge in [-0.15, -0.1) is 0 Å². The van der Waals surface area contributed by atoms with E-state index < -0.39 is 0 Å². The molecule has 1 aromatic rings. The lowest BCUT2D eigenvalue weighted by atomic mass is 10.3. The van der Waals surface area contributed by atoms with Crippen LogP contribution in [0.4, 0.5) is 11.6 Å². The molecule has 0 unspecified atom stereocenters. The topological polar surface area (TPSA) is 44.3 Å². The van der Waals surface area contributed by atoms with Crippen molar-refractivity contribution in [2.24, 2.45) is 0 Å². The lowest BCUT2D eigenvalue weighted by Crippen LogP contribution is -2.33. The minimum Gasteiger partial charge on any atom is -0.370 e. The summed E-state index contributed by atoms with van der Waals surface area (Å²) < 4.78 is 0. The maximum Gasteiger partial charge on any atom is 0.134 e. The van der Waals surface area contributed by atoms with Gasteiger partial charge in [0.1, 0.15) is 18.0 Å². The summed E-state index contributed by atoms with van der Waals surface area (Å²) in [5, 5.41) is 3.31. The fourth-order valence-corrected chi connectivity index (χ4v) is 1.80. The lowest BCUT2D eigenvalue weighted by molar-refractivity contribution is 0.412. The van der Waals surface area contributed by atoms with Crippen LogP contribution < -0.4 is 10.2 Å². The fourth-order valence-electron chi connectivity index (χ4n) is 1.80.